The first kappa shape index (κ1) is 21.4. The van der Waals surface area contributed by atoms with Gasteiger partial charge in [0.1, 0.15) is 18.1 Å². The second-order valence-corrected chi connectivity index (χ2v) is 7.42. The Hall–Kier alpha value is -1.93. The number of nitrogens with zero attached hydrogens (tertiary/aromatic N) is 3. The molecular weight excluding hydrogens is 346 g/mol. The second kappa shape index (κ2) is 10.4. The Morgan fingerprint density at radius 1 is 1.48 bits per heavy atom. The molecule has 0 bridgehead atoms. The van der Waals surface area contributed by atoms with E-state index in [1.807, 2.05) is 10.8 Å². The average Bonchev–Trinajstić information content (AvgIpc) is 3.09. The average molecular weight is 380 g/mol. The molecule has 27 heavy (non-hydrogen) atoms. The van der Waals surface area contributed by atoms with Gasteiger partial charge in [-0.05, 0) is 50.5 Å². The maximum Gasteiger partial charge on any atom is 0.320 e. The summed E-state index contributed by atoms with van der Waals surface area (Å²) >= 11 is 0. The molecule has 0 amide bonds. The van der Waals surface area contributed by atoms with E-state index >= 15 is 0 Å². The Morgan fingerprint density at radius 2 is 2.26 bits per heavy atom. The van der Waals surface area contributed by atoms with Crippen molar-refractivity contribution in [2.75, 3.05) is 12.3 Å². The summed E-state index contributed by atoms with van der Waals surface area (Å²) in [5, 5.41) is 8.81. The molecule has 2 rings (SSSR count). The molecule has 8 nitrogen and oxygen atoms in total. The SMILES string of the molecule is CCC(C)CC1CC[C@H](n2ccc(N)nc2=NCCCCC(N)C(=O)O)O1. The minimum Gasteiger partial charge on any atom is -0.480 e. The fourth-order valence-electron chi connectivity index (χ4n) is 3.23. The lowest BCUT2D eigenvalue weighted by atomic mass is 10.00. The van der Waals surface area contributed by atoms with E-state index in [1.54, 1.807) is 6.07 Å². The highest BCUT2D eigenvalue weighted by molar-refractivity contribution is 5.72. The number of anilines is 1. The monoisotopic (exact) mass is 379 g/mol. The van der Waals surface area contributed by atoms with E-state index in [4.69, 9.17) is 21.3 Å². The Kier molecular flexibility index (Phi) is 8.24. The molecule has 0 aliphatic carbocycles. The second-order valence-electron chi connectivity index (χ2n) is 7.42. The van der Waals surface area contributed by atoms with E-state index in [0.717, 1.165) is 32.1 Å². The molecule has 1 aliphatic heterocycles. The number of aromatic nitrogens is 2. The van der Waals surface area contributed by atoms with Crippen molar-refractivity contribution in [2.24, 2.45) is 16.6 Å². The fraction of sp³-hybridized carbons (Fsp3) is 0.737. The van der Waals surface area contributed by atoms with Gasteiger partial charge in [0, 0.05) is 12.7 Å². The number of carboxylic acid groups (broad SMARTS) is 1. The van der Waals surface area contributed by atoms with Crippen molar-refractivity contribution in [1.82, 2.24) is 9.55 Å². The molecule has 0 spiro atoms. The van der Waals surface area contributed by atoms with E-state index in [2.05, 4.69) is 23.8 Å². The van der Waals surface area contributed by atoms with Gasteiger partial charge in [-0.25, -0.2) is 0 Å². The number of aliphatic carboxylic acids is 1. The molecule has 5 N–H and O–H groups in total. The standard InChI is InChI=1S/C19H33N5O3/c1-3-13(2)12-14-7-8-17(27-14)24-11-9-16(21)23-19(24)22-10-5-4-6-15(20)18(25)26/h9,11,13-15,17H,3-8,10,12,20H2,1-2H3,(H,25,26)(H2,21,22,23)/t13?,14?,15?,17-/m1/s1. The topological polar surface area (TPSA) is 129 Å². The molecule has 0 saturated carbocycles. The van der Waals surface area contributed by atoms with E-state index in [1.165, 1.54) is 0 Å². The zero-order valence-corrected chi connectivity index (χ0v) is 16.4. The predicted molar refractivity (Wildman–Crippen MR) is 104 cm³/mol. The molecule has 2 heterocycles. The number of carboxylic acids is 1. The van der Waals surface area contributed by atoms with Crippen LogP contribution in [0.2, 0.25) is 0 Å². The van der Waals surface area contributed by atoms with Crippen molar-refractivity contribution in [2.45, 2.75) is 77.2 Å². The maximum atomic E-state index is 10.7. The highest BCUT2D eigenvalue weighted by Gasteiger charge is 2.27. The van der Waals surface area contributed by atoms with Gasteiger partial charge in [-0.1, -0.05) is 20.3 Å². The van der Waals surface area contributed by atoms with Gasteiger partial charge in [0.15, 0.2) is 0 Å². The predicted octanol–water partition coefficient (Wildman–Crippen LogP) is 2.06. The molecule has 3 unspecified atom stereocenters. The summed E-state index contributed by atoms with van der Waals surface area (Å²) in [7, 11) is 0. The van der Waals surface area contributed by atoms with Crippen LogP contribution in [0.3, 0.4) is 0 Å². The lowest BCUT2D eigenvalue weighted by molar-refractivity contribution is -0.138. The lowest BCUT2D eigenvalue weighted by Crippen LogP contribution is -2.30. The molecule has 1 saturated heterocycles. The smallest absolute Gasteiger partial charge is 0.320 e. The van der Waals surface area contributed by atoms with Gasteiger partial charge in [0.25, 0.3) is 0 Å². The third-order valence-electron chi connectivity index (χ3n) is 5.12. The summed E-state index contributed by atoms with van der Waals surface area (Å²) in [4.78, 5) is 19.7. The third kappa shape index (κ3) is 6.62. The number of rotatable bonds is 10. The normalized spacial score (nSPS) is 22.7. The number of hydrogen-bond acceptors (Lipinski definition) is 6. The largest absolute Gasteiger partial charge is 0.480 e. The summed E-state index contributed by atoms with van der Waals surface area (Å²) in [5.41, 5.74) is 11.9. The first-order chi connectivity index (χ1) is 12.9. The van der Waals surface area contributed by atoms with Gasteiger partial charge in [-0.2, -0.15) is 4.98 Å². The van der Waals surface area contributed by atoms with Gasteiger partial charge < -0.3 is 21.3 Å². The zero-order chi connectivity index (χ0) is 19.8. The molecule has 1 aromatic rings. The van der Waals surface area contributed by atoms with Crippen LogP contribution in [0.15, 0.2) is 17.3 Å². The number of carbonyl (C=O) groups is 1. The molecule has 1 aromatic heterocycles. The van der Waals surface area contributed by atoms with Crippen LogP contribution in [-0.4, -0.2) is 39.3 Å². The van der Waals surface area contributed by atoms with Crippen LogP contribution in [0, 0.1) is 5.92 Å². The van der Waals surface area contributed by atoms with Crippen molar-refractivity contribution >= 4 is 11.8 Å². The summed E-state index contributed by atoms with van der Waals surface area (Å²) in [6.07, 6.45) is 8.21. The highest BCUT2D eigenvalue weighted by atomic mass is 16.5. The number of nitrogen functional groups attached to an aromatic ring is 1. The Bertz CT molecular complexity index is 676. The number of nitrogens with two attached hydrogens (primary N) is 2. The minimum atomic E-state index is -0.965. The number of hydrogen-bond donors (Lipinski definition) is 3. The van der Waals surface area contributed by atoms with Gasteiger partial charge in [0.2, 0.25) is 5.62 Å². The van der Waals surface area contributed by atoms with Gasteiger partial charge in [-0.15, -0.1) is 0 Å². The molecule has 0 radical (unpaired) electrons. The Labute approximate surface area is 160 Å². The van der Waals surface area contributed by atoms with Crippen LogP contribution in [-0.2, 0) is 9.53 Å². The van der Waals surface area contributed by atoms with Crippen molar-refractivity contribution in [3.8, 4) is 0 Å². The van der Waals surface area contributed by atoms with E-state index in [0.29, 0.717) is 36.7 Å². The van der Waals surface area contributed by atoms with Gasteiger partial charge >= 0.3 is 5.97 Å². The molecule has 4 atom stereocenters. The van der Waals surface area contributed by atoms with E-state index in [9.17, 15) is 4.79 Å². The van der Waals surface area contributed by atoms with Crippen LogP contribution >= 0.6 is 0 Å². The van der Waals surface area contributed by atoms with Crippen LogP contribution in [0.1, 0.15) is 65.0 Å². The molecule has 0 aromatic carbocycles. The number of unbranched alkanes of at least 4 members (excludes halogenated alkanes) is 1. The summed E-state index contributed by atoms with van der Waals surface area (Å²) in [6.45, 7) is 5.01. The summed E-state index contributed by atoms with van der Waals surface area (Å²) in [5.74, 6) is 0.115. The van der Waals surface area contributed by atoms with Crippen molar-refractivity contribution < 1.29 is 14.6 Å². The van der Waals surface area contributed by atoms with Crippen LogP contribution in [0.5, 0.6) is 0 Å². The van der Waals surface area contributed by atoms with Crippen molar-refractivity contribution in [3.63, 3.8) is 0 Å². The highest BCUT2D eigenvalue weighted by Crippen LogP contribution is 2.31. The van der Waals surface area contributed by atoms with E-state index < -0.39 is 12.0 Å². The quantitative estimate of drug-likeness (QED) is 0.534. The minimum absolute atomic E-state index is 0.0636. The summed E-state index contributed by atoms with van der Waals surface area (Å²) < 4.78 is 8.18. The summed E-state index contributed by atoms with van der Waals surface area (Å²) in [6, 6.07) is 0.950. The van der Waals surface area contributed by atoms with Crippen molar-refractivity contribution in [1.29, 1.82) is 0 Å². The molecule has 1 fully saturated rings. The Morgan fingerprint density at radius 3 is 2.96 bits per heavy atom. The van der Waals surface area contributed by atoms with Crippen LogP contribution in [0.4, 0.5) is 5.82 Å². The molecule has 1 aliphatic rings. The lowest BCUT2D eigenvalue weighted by Gasteiger charge is -2.19. The fourth-order valence-corrected chi connectivity index (χ4v) is 3.23. The maximum absolute atomic E-state index is 10.7. The van der Waals surface area contributed by atoms with Crippen LogP contribution in [0.25, 0.3) is 0 Å². The Balaban J connectivity index is 1.97. The molecule has 8 heteroatoms. The number of ether oxygens (including phenoxy) is 1. The zero-order valence-electron chi connectivity index (χ0n) is 16.4. The van der Waals surface area contributed by atoms with Gasteiger partial charge in [0.05, 0.1) is 6.10 Å². The molecule has 152 valence electrons. The first-order valence-corrected chi connectivity index (χ1v) is 9.89. The molecular formula is C19H33N5O3. The third-order valence-corrected chi connectivity index (χ3v) is 5.12. The first-order valence-electron chi connectivity index (χ1n) is 9.89. The van der Waals surface area contributed by atoms with Crippen molar-refractivity contribution in [3.05, 3.63) is 17.9 Å². The van der Waals surface area contributed by atoms with Crippen LogP contribution < -0.4 is 17.1 Å². The van der Waals surface area contributed by atoms with E-state index in [-0.39, 0.29) is 12.3 Å². The van der Waals surface area contributed by atoms with Gasteiger partial charge in [-0.3, -0.25) is 14.4 Å².